The fourth-order valence-electron chi connectivity index (χ4n) is 1.53. The Bertz CT molecular complexity index is 437. The summed E-state index contributed by atoms with van der Waals surface area (Å²) in [5.41, 5.74) is -1.02. The minimum absolute atomic E-state index is 0.0939. The average Bonchev–Trinajstić information content (AvgIpc) is 2.92. The molecule has 0 unspecified atom stereocenters. The van der Waals surface area contributed by atoms with Crippen molar-refractivity contribution in [1.82, 2.24) is 10.1 Å². The van der Waals surface area contributed by atoms with Crippen LogP contribution in [0.1, 0.15) is 24.6 Å². The predicted molar refractivity (Wildman–Crippen MR) is 47.0 cm³/mol. The summed E-state index contributed by atoms with van der Waals surface area (Å²) in [6, 6.07) is 0. The first-order valence-corrected chi connectivity index (χ1v) is 4.86. The monoisotopic (exact) mass is 250 g/mol. The lowest BCUT2D eigenvalue weighted by Crippen LogP contribution is -2.22. The van der Waals surface area contributed by atoms with Crippen LogP contribution in [0.4, 0.5) is 13.2 Å². The van der Waals surface area contributed by atoms with Crippen molar-refractivity contribution in [2.75, 3.05) is 7.11 Å². The zero-order chi connectivity index (χ0) is 12.7. The molecule has 1 aliphatic carbocycles. The number of esters is 1. The van der Waals surface area contributed by atoms with Gasteiger partial charge in [-0.05, 0) is 12.8 Å². The maximum atomic E-state index is 12.1. The lowest BCUT2D eigenvalue weighted by molar-refractivity contribution is -0.144. The van der Waals surface area contributed by atoms with Gasteiger partial charge in [-0.2, -0.15) is 18.2 Å². The van der Waals surface area contributed by atoms with Gasteiger partial charge in [-0.3, -0.25) is 4.79 Å². The van der Waals surface area contributed by atoms with E-state index >= 15 is 0 Å². The van der Waals surface area contributed by atoms with E-state index in [2.05, 4.69) is 14.9 Å². The number of rotatable bonds is 3. The van der Waals surface area contributed by atoms with E-state index < -0.39 is 29.8 Å². The quantitative estimate of drug-likeness (QED) is 0.758. The molecule has 0 aromatic carbocycles. The first kappa shape index (κ1) is 11.9. The minimum atomic E-state index is -4.40. The third-order valence-electron chi connectivity index (χ3n) is 2.56. The second kappa shape index (κ2) is 3.71. The van der Waals surface area contributed by atoms with E-state index in [0.717, 1.165) is 0 Å². The normalized spacial score (nSPS) is 17.9. The van der Waals surface area contributed by atoms with Crippen LogP contribution in [-0.2, 0) is 21.4 Å². The van der Waals surface area contributed by atoms with Gasteiger partial charge < -0.3 is 9.26 Å². The van der Waals surface area contributed by atoms with Crippen molar-refractivity contribution in [3.05, 3.63) is 11.7 Å². The molecule has 0 radical (unpaired) electrons. The highest BCUT2D eigenvalue weighted by molar-refractivity contribution is 5.85. The van der Waals surface area contributed by atoms with Gasteiger partial charge >= 0.3 is 12.1 Å². The first-order chi connectivity index (χ1) is 7.87. The molecule has 1 saturated carbocycles. The summed E-state index contributed by atoms with van der Waals surface area (Å²) in [6.45, 7) is 0. The molecule has 0 bridgehead atoms. The highest BCUT2D eigenvalue weighted by Gasteiger charge is 2.57. The topological polar surface area (TPSA) is 65.2 Å². The summed E-state index contributed by atoms with van der Waals surface area (Å²) in [5, 5.41) is 3.21. The number of aromatic nitrogens is 2. The molecule has 1 aromatic heterocycles. The number of nitrogens with zero attached hydrogens (tertiary/aromatic N) is 2. The van der Waals surface area contributed by atoms with Crippen LogP contribution in [0.25, 0.3) is 0 Å². The molecule has 1 heterocycles. The molecular weight excluding hydrogens is 241 g/mol. The zero-order valence-electron chi connectivity index (χ0n) is 8.87. The summed E-state index contributed by atoms with van der Waals surface area (Å²) in [5.74, 6) is -1.12. The molecule has 1 aromatic rings. The van der Waals surface area contributed by atoms with Crippen LogP contribution in [-0.4, -0.2) is 29.4 Å². The zero-order valence-corrected chi connectivity index (χ0v) is 8.87. The van der Waals surface area contributed by atoms with Crippen molar-refractivity contribution in [2.45, 2.75) is 30.9 Å². The van der Waals surface area contributed by atoms with E-state index in [0.29, 0.717) is 12.8 Å². The van der Waals surface area contributed by atoms with Crippen molar-refractivity contribution in [2.24, 2.45) is 0 Å². The van der Waals surface area contributed by atoms with Gasteiger partial charge in [0.2, 0.25) is 5.89 Å². The Morgan fingerprint density at radius 1 is 1.53 bits per heavy atom. The molecule has 1 fully saturated rings. The highest BCUT2D eigenvalue weighted by atomic mass is 19.4. The van der Waals surface area contributed by atoms with Gasteiger partial charge in [0, 0.05) is 0 Å². The standard InChI is InChI=1S/C9H9F3N2O3/c1-16-7(15)8(2-3-8)6-13-5(14-17-6)4-9(10,11)12/h2-4H2,1H3. The van der Waals surface area contributed by atoms with Crippen LogP contribution in [0, 0.1) is 0 Å². The third-order valence-corrected chi connectivity index (χ3v) is 2.56. The molecule has 5 nitrogen and oxygen atoms in total. The lowest BCUT2D eigenvalue weighted by Gasteiger charge is -2.05. The van der Waals surface area contributed by atoms with Crippen molar-refractivity contribution in [1.29, 1.82) is 0 Å². The molecule has 2 rings (SSSR count). The number of carbonyl (C=O) groups is 1. The van der Waals surface area contributed by atoms with Gasteiger partial charge in [0.15, 0.2) is 5.82 Å². The number of ether oxygens (including phenoxy) is 1. The first-order valence-electron chi connectivity index (χ1n) is 4.86. The molecule has 0 spiro atoms. The van der Waals surface area contributed by atoms with Crippen molar-refractivity contribution < 1.29 is 27.2 Å². The molecule has 17 heavy (non-hydrogen) atoms. The Hall–Kier alpha value is -1.60. The third kappa shape index (κ3) is 2.25. The van der Waals surface area contributed by atoms with Crippen LogP contribution < -0.4 is 0 Å². The van der Waals surface area contributed by atoms with E-state index in [1.165, 1.54) is 7.11 Å². The Balaban J connectivity index is 2.17. The largest absolute Gasteiger partial charge is 0.468 e. The van der Waals surface area contributed by atoms with Crippen LogP contribution in [0.2, 0.25) is 0 Å². The SMILES string of the molecule is COC(=O)C1(c2nc(CC(F)(F)F)no2)CC1. The number of carbonyl (C=O) groups excluding carboxylic acids is 1. The smallest absolute Gasteiger partial charge is 0.396 e. The van der Waals surface area contributed by atoms with E-state index in [1.807, 2.05) is 0 Å². The van der Waals surface area contributed by atoms with Crippen molar-refractivity contribution in [3.63, 3.8) is 0 Å². The number of methoxy groups -OCH3 is 1. The van der Waals surface area contributed by atoms with Crippen LogP contribution in [0.3, 0.4) is 0 Å². The highest BCUT2D eigenvalue weighted by Crippen LogP contribution is 2.48. The summed E-state index contributed by atoms with van der Waals surface area (Å²) in [4.78, 5) is 15.0. The van der Waals surface area contributed by atoms with E-state index in [9.17, 15) is 18.0 Å². The molecular formula is C9H9F3N2O3. The second-order valence-electron chi connectivity index (χ2n) is 3.88. The summed E-state index contributed by atoms with van der Waals surface area (Å²) < 4.78 is 45.5. The average molecular weight is 250 g/mol. The Kier molecular flexibility index (Phi) is 2.59. The Labute approximate surface area is 93.9 Å². The molecule has 0 aliphatic heterocycles. The fourth-order valence-corrected chi connectivity index (χ4v) is 1.53. The summed E-state index contributed by atoms with van der Waals surface area (Å²) in [7, 11) is 1.20. The number of hydrogen-bond donors (Lipinski definition) is 0. The Morgan fingerprint density at radius 3 is 2.65 bits per heavy atom. The van der Waals surface area contributed by atoms with Crippen LogP contribution >= 0.6 is 0 Å². The summed E-state index contributed by atoms with van der Waals surface area (Å²) >= 11 is 0. The molecule has 0 amide bonds. The predicted octanol–water partition coefficient (Wildman–Crippen LogP) is 1.38. The number of hydrogen-bond acceptors (Lipinski definition) is 5. The second-order valence-corrected chi connectivity index (χ2v) is 3.88. The molecule has 0 N–H and O–H groups in total. The molecule has 0 saturated heterocycles. The molecule has 0 atom stereocenters. The van der Waals surface area contributed by atoms with Gasteiger partial charge in [0.25, 0.3) is 0 Å². The number of alkyl halides is 3. The van der Waals surface area contributed by atoms with Gasteiger partial charge in [0.05, 0.1) is 7.11 Å². The summed E-state index contributed by atoms with van der Waals surface area (Å²) in [6.07, 6.45) is -4.77. The van der Waals surface area contributed by atoms with E-state index in [1.54, 1.807) is 0 Å². The van der Waals surface area contributed by atoms with Crippen molar-refractivity contribution >= 4 is 5.97 Å². The van der Waals surface area contributed by atoms with Crippen molar-refractivity contribution in [3.8, 4) is 0 Å². The molecule has 94 valence electrons. The van der Waals surface area contributed by atoms with Crippen LogP contribution in [0.15, 0.2) is 4.52 Å². The van der Waals surface area contributed by atoms with Gasteiger partial charge in [-0.15, -0.1) is 0 Å². The van der Waals surface area contributed by atoms with Gasteiger partial charge in [-0.25, -0.2) is 0 Å². The lowest BCUT2D eigenvalue weighted by atomic mass is 10.1. The van der Waals surface area contributed by atoms with Gasteiger partial charge in [0.1, 0.15) is 11.8 Å². The van der Waals surface area contributed by atoms with Gasteiger partial charge in [-0.1, -0.05) is 5.16 Å². The number of halogens is 3. The van der Waals surface area contributed by atoms with E-state index in [-0.39, 0.29) is 5.89 Å². The Morgan fingerprint density at radius 2 is 2.18 bits per heavy atom. The maximum Gasteiger partial charge on any atom is 0.396 e. The maximum absolute atomic E-state index is 12.1. The fraction of sp³-hybridized carbons (Fsp3) is 0.667. The van der Waals surface area contributed by atoms with Crippen LogP contribution in [0.5, 0.6) is 0 Å². The molecule has 1 aliphatic rings. The molecule has 8 heteroatoms. The van der Waals surface area contributed by atoms with E-state index in [4.69, 9.17) is 4.52 Å². The minimum Gasteiger partial charge on any atom is -0.468 e.